The van der Waals surface area contributed by atoms with Gasteiger partial charge in [-0.25, -0.2) is 0 Å². The van der Waals surface area contributed by atoms with E-state index in [-0.39, 0.29) is 22.7 Å². The third-order valence-electron chi connectivity index (χ3n) is 4.51. The van der Waals surface area contributed by atoms with Crippen molar-refractivity contribution >= 4 is 5.91 Å². The summed E-state index contributed by atoms with van der Waals surface area (Å²) in [5, 5.41) is 16.6. The van der Waals surface area contributed by atoms with Crippen molar-refractivity contribution in [2.75, 3.05) is 20.0 Å². The van der Waals surface area contributed by atoms with Crippen LogP contribution in [0.3, 0.4) is 0 Å². The standard InChI is InChI=1S/C20H33N3O2/c1-19(2,3)10-15(18(25)23-12-21-11-22-13-23)14-7-8-17(24)16(9-14)20(4,5)6/h7-9,15,21-22,24H,10-13H2,1-6H3. The summed E-state index contributed by atoms with van der Waals surface area (Å²) in [7, 11) is 0. The summed E-state index contributed by atoms with van der Waals surface area (Å²) in [6.07, 6.45) is 0.761. The fraction of sp³-hybridized carbons (Fsp3) is 0.650. The third kappa shape index (κ3) is 5.19. The maximum atomic E-state index is 13.2. The molecular formula is C20H33N3O2. The minimum Gasteiger partial charge on any atom is -0.508 e. The summed E-state index contributed by atoms with van der Waals surface area (Å²) < 4.78 is 0. The first-order chi connectivity index (χ1) is 11.5. The topological polar surface area (TPSA) is 64.6 Å². The molecular weight excluding hydrogens is 314 g/mol. The van der Waals surface area contributed by atoms with E-state index in [4.69, 9.17) is 0 Å². The molecule has 1 atom stereocenters. The monoisotopic (exact) mass is 347 g/mol. The summed E-state index contributed by atoms with van der Waals surface area (Å²) in [6.45, 7) is 14.6. The van der Waals surface area contributed by atoms with Crippen LogP contribution in [0.15, 0.2) is 18.2 Å². The Labute approximate surface area is 151 Å². The van der Waals surface area contributed by atoms with Crippen LogP contribution in [0.1, 0.15) is 65.0 Å². The highest BCUT2D eigenvalue weighted by Gasteiger charge is 2.32. The zero-order chi connectivity index (χ0) is 18.8. The lowest BCUT2D eigenvalue weighted by Gasteiger charge is -2.34. The van der Waals surface area contributed by atoms with Crippen LogP contribution < -0.4 is 10.6 Å². The van der Waals surface area contributed by atoms with Gasteiger partial charge in [0.25, 0.3) is 0 Å². The van der Waals surface area contributed by atoms with Crippen LogP contribution in [-0.4, -0.2) is 35.9 Å². The maximum Gasteiger partial charge on any atom is 0.232 e. The Morgan fingerprint density at radius 3 is 2.28 bits per heavy atom. The summed E-state index contributed by atoms with van der Waals surface area (Å²) >= 11 is 0. The molecule has 3 N–H and O–H groups in total. The second-order valence-electron chi connectivity index (χ2n) is 9.22. The predicted octanol–water partition coefficient (Wildman–Crippen LogP) is 3.10. The van der Waals surface area contributed by atoms with E-state index in [1.807, 2.05) is 17.0 Å². The second kappa shape index (κ2) is 7.34. The Morgan fingerprint density at radius 2 is 1.76 bits per heavy atom. The fourth-order valence-corrected chi connectivity index (χ4v) is 3.23. The smallest absolute Gasteiger partial charge is 0.232 e. The average Bonchev–Trinajstić information content (AvgIpc) is 2.51. The van der Waals surface area contributed by atoms with E-state index in [9.17, 15) is 9.90 Å². The first-order valence-corrected chi connectivity index (χ1v) is 9.03. The molecule has 0 aliphatic carbocycles. The zero-order valence-corrected chi connectivity index (χ0v) is 16.4. The molecule has 1 heterocycles. The number of phenols is 1. The van der Waals surface area contributed by atoms with Crippen LogP contribution in [0.2, 0.25) is 0 Å². The van der Waals surface area contributed by atoms with Crippen molar-refractivity contribution < 1.29 is 9.90 Å². The summed E-state index contributed by atoms with van der Waals surface area (Å²) in [4.78, 5) is 15.0. The van der Waals surface area contributed by atoms with Gasteiger partial charge in [0.15, 0.2) is 0 Å². The van der Waals surface area contributed by atoms with Crippen LogP contribution >= 0.6 is 0 Å². The van der Waals surface area contributed by atoms with Gasteiger partial charge in [-0.1, -0.05) is 53.7 Å². The summed E-state index contributed by atoms with van der Waals surface area (Å²) in [5.41, 5.74) is 1.71. The number of hydrogen-bond acceptors (Lipinski definition) is 4. The zero-order valence-electron chi connectivity index (χ0n) is 16.4. The molecule has 0 aromatic heterocycles. The lowest BCUT2D eigenvalue weighted by molar-refractivity contribution is -0.135. The van der Waals surface area contributed by atoms with E-state index in [1.54, 1.807) is 6.07 Å². The average molecular weight is 348 g/mol. The molecule has 5 heteroatoms. The van der Waals surface area contributed by atoms with E-state index < -0.39 is 0 Å². The molecule has 0 saturated carbocycles. The number of nitrogens with one attached hydrogen (secondary N) is 2. The second-order valence-corrected chi connectivity index (χ2v) is 9.22. The van der Waals surface area contributed by atoms with E-state index in [0.29, 0.717) is 19.1 Å². The van der Waals surface area contributed by atoms with Crippen LogP contribution in [0, 0.1) is 5.41 Å². The fourth-order valence-electron chi connectivity index (χ4n) is 3.23. The first kappa shape index (κ1) is 19.7. The number of amides is 1. The SMILES string of the molecule is CC(C)(C)CC(C(=O)N1CNCNC1)c1ccc(O)c(C(C)(C)C)c1. The van der Waals surface area contributed by atoms with Crippen molar-refractivity contribution in [1.82, 2.24) is 15.5 Å². The van der Waals surface area contributed by atoms with Crippen molar-refractivity contribution in [3.63, 3.8) is 0 Å². The van der Waals surface area contributed by atoms with Gasteiger partial charge in [0.2, 0.25) is 5.91 Å². The van der Waals surface area contributed by atoms with Gasteiger partial charge in [0.05, 0.1) is 19.3 Å². The number of carbonyl (C=O) groups is 1. The highest BCUT2D eigenvalue weighted by Crippen LogP contribution is 2.37. The molecule has 5 nitrogen and oxygen atoms in total. The van der Waals surface area contributed by atoms with Crippen LogP contribution in [0.5, 0.6) is 5.75 Å². The van der Waals surface area contributed by atoms with Crippen LogP contribution in [0.25, 0.3) is 0 Å². The Bertz CT molecular complexity index is 608. The molecule has 2 rings (SSSR count). The summed E-state index contributed by atoms with van der Waals surface area (Å²) in [6, 6.07) is 5.63. The van der Waals surface area contributed by atoms with Gasteiger partial charge in [0.1, 0.15) is 5.75 Å². The van der Waals surface area contributed by atoms with Gasteiger partial charge in [-0.2, -0.15) is 0 Å². The molecule has 1 aromatic carbocycles. The number of nitrogens with zero attached hydrogens (tertiary/aromatic N) is 1. The van der Waals surface area contributed by atoms with Crippen molar-refractivity contribution in [2.24, 2.45) is 5.41 Å². The van der Waals surface area contributed by atoms with E-state index in [0.717, 1.165) is 24.2 Å². The molecule has 1 aromatic rings. The lowest BCUT2D eigenvalue weighted by Crippen LogP contribution is -2.54. The number of phenolic OH excluding ortho intramolecular Hbond substituents is 1. The van der Waals surface area contributed by atoms with Crippen molar-refractivity contribution in [2.45, 2.75) is 59.3 Å². The molecule has 25 heavy (non-hydrogen) atoms. The molecule has 1 fully saturated rings. The number of benzene rings is 1. The third-order valence-corrected chi connectivity index (χ3v) is 4.51. The van der Waals surface area contributed by atoms with Gasteiger partial charge in [-0.05, 0) is 34.4 Å². The molecule has 0 bridgehead atoms. The number of aromatic hydroxyl groups is 1. The Hall–Kier alpha value is -1.59. The van der Waals surface area contributed by atoms with Gasteiger partial charge >= 0.3 is 0 Å². The Kier molecular flexibility index (Phi) is 5.79. The largest absolute Gasteiger partial charge is 0.508 e. The van der Waals surface area contributed by atoms with Gasteiger partial charge in [-0.15, -0.1) is 0 Å². The molecule has 1 aliphatic heterocycles. The normalized spacial score (nSPS) is 17.4. The quantitative estimate of drug-likeness (QED) is 0.786. The van der Waals surface area contributed by atoms with Gasteiger partial charge < -0.3 is 10.0 Å². The molecule has 1 saturated heterocycles. The van der Waals surface area contributed by atoms with Gasteiger partial charge in [-0.3, -0.25) is 15.4 Å². The molecule has 0 radical (unpaired) electrons. The number of carbonyl (C=O) groups excluding carboxylic acids is 1. The molecule has 0 spiro atoms. The Balaban J connectivity index is 2.40. The highest BCUT2D eigenvalue weighted by molar-refractivity contribution is 5.84. The van der Waals surface area contributed by atoms with E-state index in [1.165, 1.54) is 0 Å². The van der Waals surface area contributed by atoms with Gasteiger partial charge in [0, 0.05) is 6.67 Å². The number of hydrogen-bond donors (Lipinski definition) is 3. The molecule has 1 aliphatic rings. The van der Waals surface area contributed by atoms with Crippen molar-refractivity contribution in [3.8, 4) is 5.75 Å². The Morgan fingerprint density at radius 1 is 1.16 bits per heavy atom. The molecule has 1 amide bonds. The van der Waals surface area contributed by atoms with E-state index >= 15 is 0 Å². The number of rotatable bonds is 3. The van der Waals surface area contributed by atoms with Crippen LogP contribution in [0.4, 0.5) is 0 Å². The molecule has 1 unspecified atom stereocenters. The summed E-state index contributed by atoms with van der Waals surface area (Å²) in [5.74, 6) is 0.197. The van der Waals surface area contributed by atoms with Crippen molar-refractivity contribution in [1.29, 1.82) is 0 Å². The minimum atomic E-state index is -0.219. The first-order valence-electron chi connectivity index (χ1n) is 9.03. The molecule has 140 valence electrons. The van der Waals surface area contributed by atoms with Crippen LogP contribution in [-0.2, 0) is 10.2 Å². The predicted molar refractivity (Wildman–Crippen MR) is 101 cm³/mol. The minimum absolute atomic E-state index is 0.0246. The van der Waals surface area contributed by atoms with Crippen molar-refractivity contribution in [3.05, 3.63) is 29.3 Å². The van der Waals surface area contributed by atoms with E-state index in [2.05, 4.69) is 52.2 Å². The maximum absolute atomic E-state index is 13.2. The highest BCUT2D eigenvalue weighted by atomic mass is 16.3. The lowest BCUT2D eigenvalue weighted by atomic mass is 9.78.